The Morgan fingerprint density at radius 3 is 2.24 bits per heavy atom. The molecule has 2 aromatic rings. The van der Waals surface area contributed by atoms with Gasteiger partial charge in [0.2, 0.25) is 0 Å². The molecule has 0 radical (unpaired) electrons. The zero-order chi connectivity index (χ0) is 27.7. The first-order valence-corrected chi connectivity index (χ1v) is 13.5. The number of nitrogens with zero attached hydrogens (tertiary/aromatic N) is 1. The lowest BCUT2D eigenvalue weighted by molar-refractivity contribution is -0.300. The molecule has 3 rings (SSSR count). The van der Waals surface area contributed by atoms with Crippen molar-refractivity contribution in [3.63, 3.8) is 0 Å². The number of carbonyl (C=O) groups excluding carboxylic acids is 1. The maximum absolute atomic E-state index is 12.7. The Morgan fingerprint density at radius 2 is 1.63 bits per heavy atom. The molecule has 1 amide bonds. The Hall–Kier alpha value is -2.92. The van der Waals surface area contributed by atoms with Crippen LogP contribution in [-0.4, -0.2) is 30.4 Å². The molecule has 38 heavy (non-hydrogen) atoms. The Bertz CT molecular complexity index is 1080. The number of hydrogen-bond donors (Lipinski definition) is 1. The zero-order valence-corrected chi connectivity index (χ0v) is 23.5. The number of nitriles is 1. The number of nitrogens with one attached hydrogen (secondary N) is 1. The lowest BCUT2D eigenvalue weighted by Crippen LogP contribution is -2.52. The highest BCUT2D eigenvalue weighted by Gasteiger charge is 2.36. The van der Waals surface area contributed by atoms with E-state index in [0.717, 1.165) is 47.9 Å². The second kappa shape index (κ2) is 13.2. The molecule has 0 aliphatic heterocycles. The van der Waals surface area contributed by atoms with Gasteiger partial charge >= 0.3 is 6.09 Å². The Balaban J connectivity index is 1.77. The maximum Gasteiger partial charge on any atom is 0.408 e. The van der Waals surface area contributed by atoms with Crippen molar-refractivity contribution in [2.24, 2.45) is 0 Å². The van der Waals surface area contributed by atoms with E-state index in [1.54, 1.807) is 0 Å². The fourth-order valence-electron chi connectivity index (χ4n) is 4.96. The summed E-state index contributed by atoms with van der Waals surface area (Å²) in [4.78, 5) is 23.1. The monoisotopic (exact) mass is 522 g/mol. The van der Waals surface area contributed by atoms with Gasteiger partial charge < -0.3 is 14.8 Å². The molecule has 1 unspecified atom stereocenters. The quantitative estimate of drug-likeness (QED) is 0.194. The van der Waals surface area contributed by atoms with Crippen LogP contribution < -0.4 is 5.32 Å². The van der Waals surface area contributed by atoms with Crippen LogP contribution in [0.4, 0.5) is 4.79 Å². The van der Waals surface area contributed by atoms with Gasteiger partial charge in [-0.3, -0.25) is 0 Å². The molecule has 0 bridgehead atoms. The highest BCUT2D eigenvalue weighted by molar-refractivity contribution is 5.68. The second-order valence-corrected chi connectivity index (χ2v) is 11.5. The summed E-state index contributed by atoms with van der Waals surface area (Å²) in [5.41, 5.74) is 2.22. The van der Waals surface area contributed by atoms with Crippen molar-refractivity contribution in [3.8, 4) is 6.07 Å². The minimum atomic E-state index is -0.693. The molecule has 1 N–H and O–H groups in total. The maximum atomic E-state index is 12.7. The molecule has 0 heterocycles. The van der Waals surface area contributed by atoms with E-state index in [2.05, 4.69) is 23.5 Å². The van der Waals surface area contributed by atoms with Crippen LogP contribution in [0.2, 0.25) is 0 Å². The SMILES string of the molecule is CCOOCc1cc(COCC(C)(Cc2ccccc2)NC(=O)OC(C)(C)C)cc(C2(C#N)CCCC2)c1. The van der Waals surface area contributed by atoms with Gasteiger partial charge in [0.1, 0.15) is 12.2 Å². The lowest BCUT2D eigenvalue weighted by atomic mass is 9.79. The van der Waals surface area contributed by atoms with Gasteiger partial charge in [0, 0.05) is 0 Å². The predicted octanol–water partition coefficient (Wildman–Crippen LogP) is 6.53. The molecule has 2 aromatic carbocycles. The molecular weight excluding hydrogens is 480 g/mol. The van der Waals surface area contributed by atoms with Crippen LogP contribution in [0.5, 0.6) is 0 Å². The summed E-state index contributed by atoms with van der Waals surface area (Å²) >= 11 is 0. The third-order valence-electron chi connectivity index (χ3n) is 6.63. The van der Waals surface area contributed by atoms with Gasteiger partial charge in [-0.25, -0.2) is 14.6 Å². The van der Waals surface area contributed by atoms with E-state index in [-0.39, 0.29) is 6.61 Å². The largest absolute Gasteiger partial charge is 0.444 e. The van der Waals surface area contributed by atoms with Crippen molar-refractivity contribution in [1.29, 1.82) is 5.26 Å². The van der Waals surface area contributed by atoms with Crippen molar-refractivity contribution in [3.05, 3.63) is 70.8 Å². The third-order valence-corrected chi connectivity index (χ3v) is 6.63. The van der Waals surface area contributed by atoms with Crippen LogP contribution in [0.3, 0.4) is 0 Å². The van der Waals surface area contributed by atoms with Crippen LogP contribution in [0, 0.1) is 11.3 Å². The molecule has 1 saturated carbocycles. The third kappa shape index (κ3) is 8.83. The average Bonchev–Trinajstić information content (AvgIpc) is 3.34. The van der Waals surface area contributed by atoms with E-state index in [9.17, 15) is 10.1 Å². The molecule has 7 nitrogen and oxygen atoms in total. The Kier molecular flexibility index (Phi) is 10.3. The van der Waals surface area contributed by atoms with Gasteiger partial charge in [0.15, 0.2) is 0 Å². The number of carbonyl (C=O) groups is 1. The van der Waals surface area contributed by atoms with E-state index in [4.69, 9.17) is 19.2 Å². The molecule has 0 spiro atoms. The van der Waals surface area contributed by atoms with Crippen molar-refractivity contribution in [1.82, 2.24) is 5.32 Å². The van der Waals surface area contributed by atoms with Gasteiger partial charge in [-0.05, 0) is 76.1 Å². The number of rotatable bonds is 12. The highest BCUT2D eigenvalue weighted by atomic mass is 17.2. The summed E-state index contributed by atoms with van der Waals surface area (Å²) in [6.45, 7) is 10.7. The Labute approximate surface area is 227 Å². The highest BCUT2D eigenvalue weighted by Crippen LogP contribution is 2.41. The summed E-state index contributed by atoms with van der Waals surface area (Å²) in [7, 11) is 0. The molecule has 0 saturated heterocycles. The van der Waals surface area contributed by atoms with Crippen LogP contribution in [0.25, 0.3) is 0 Å². The van der Waals surface area contributed by atoms with Crippen molar-refractivity contribution >= 4 is 6.09 Å². The molecule has 0 aromatic heterocycles. The van der Waals surface area contributed by atoms with Crippen LogP contribution in [0.15, 0.2) is 48.5 Å². The van der Waals surface area contributed by atoms with E-state index < -0.39 is 22.6 Å². The molecule has 206 valence electrons. The molecule has 1 fully saturated rings. The van der Waals surface area contributed by atoms with Crippen LogP contribution in [0.1, 0.15) is 82.6 Å². The van der Waals surface area contributed by atoms with Crippen LogP contribution in [-0.2, 0) is 44.3 Å². The first-order valence-electron chi connectivity index (χ1n) is 13.5. The van der Waals surface area contributed by atoms with E-state index >= 15 is 0 Å². The summed E-state index contributed by atoms with van der Waals surface area (Å²) in [5.74, 6) is 0. The molecular formula is C31H42N2O5. The van der Waals surface area contributed by atoms with E-state index in [0.29, 0.717) is 26.2 Å². The van der Waals surface area contributed by atoms with Gasteiger partial charge in [-0.15, -0.1) is 0 Å². The molecule has 1 aliphatic carbocycles. The first kappa shape index (κ1) is 29.6. The summed E-state index contributed by atoms with van der Waals surface area (Å²) in [5, 5.41) is 13.1. The fourth-order valence-corrected chi connectivity index (χ4v) is 4.96. The number of benzene rings is 2. The standard InChI is InChI=1S/C31H42N2O5/c1-6-36-37-21-26-16-25(17-27(18-26)31(22-32)14-10-11-15-31)20-35-23-30(5,19-24-12-8-7-9-13-24)33-28(34)38-29(2,3)4/h7-9,12-13,16-18H,6,10-11,14-15,19-21,23H2,1-5H3,(H,33,34). The molecule has 1 atom stereocenters. The topological polar surface area (TPSA) is 89.8 Å². The zero-order valence-electron chi connectivity index (χ0n) is 23.5. The number of alkyl carbamates (subject to hydrolysis) is 1. The molecule has 1 aliphatic rings. The van der Waals surface area contributed by atoms with Gasteiger partial charge in [0.25, 0.3) is 0 Å². The van der Waals surface area contributed by atoms with Crippen molar-refractivity contribution in [2.45, 2.75) is 96.5 Å². The first-order chi connectivity index (χ1) is 18.1. The molecule has 7 heteroatoms. The second-order valence-electron chi connectivity index (χ2n) is 11.5. The Morgan fingerprint density at radius 1 is 0.974 bits per heavy atom. The lowest BCUT2D eigenvalue weighted by Gasteiger charge is -2.32. The summed E-state index contributed by atoms with van der Waals surface area (Å²) in [6.07, 6.45) is 3.91. The van der Waals surface area contributed by atoms with Crippen LogP contribution >= 0.6 is 0 Å². The number of amides is 1. The minimum Gasteiger partial charge on any atom is -0.444 e. The van der Waals surface area contributed by atoms with Gasteiger partial charge in [0.05, 0.1) is 36.8 Å². The van der Waals surface area contributed by atoms with E-state index in [1.807, 2.05) is 71.0 Å². The summed E-state index contributed by atoms with van der Waals surface area (Å²) in [6, 6.07) is 18.7. The number of ether oxygens (including phenoxy) is 2. The average molecular weight is 523 g/mol. The smallest absolute Gasteiger partial charge is 0.408 e. The minimum absolute atomic E-state index is 0.277. The van der Waals surface area contributed by atoms with Gasteiger partial charge in [-0.1, -0.05) is 61.4 Å². The fraction of sp³-hybridized carbons (Fsp3) is 0.548. The van der Waals surface area contributed by atoms with E-state index in [1.165, 1.54) is 0 Å². The summed E-state index contributed by atoms with van der Waals surface area (Å²) < 4.78 is 11.8. The normalized spacial score (nSPS) is 16.4. The predicted molar refractivity (Wildman–Crippen MR) is 146 cm³/mol. The van der Waals surface area contributed by atoms with Gasteiger partial charge in [-0.2, -0.15) is 5.26 Å². The van der Waals surface area contributed by atoms with Crippen molar-refractivity contribution < 1.29 is 24.0 Å². The van der Waals surface area contributed by atoms with Crippen molar-refractivity contribution in [2.75, 3.05) is 13.2 Å². The number of hydrogen-bond acceptors (Lipinski definition) is 6.